The maximum Gasteiger partial charge on any atom is 0.319 e. The lowest BCUT2D eigenvalue weighted by atomic mass is 10.1. The fourth-order valence-corrected chi connectivity index (χ4v) is 1.99. The number of hydrogen-bond acceptors (Lipinski definition) is 2. The van der Waals surface area contributed by atoms with Gasteiger partial charge in [-0.3, -0.25) is 0 Å². The molecule has 0 aliphatic carbocycles. The van der Waals surface area contributed by atoms with Crippen LogP contribution in [0.5, 0.6) is 0 Å². The Morgan fingerprint density at radius 3 is 2.50 bits per heavy atom. The third-order valence-corrected chi connectivity index (χ3v) is 3.12. The molecular weight excluding hydrogens is 290 g/mol. The zero-order valence-electron chi connectivity index (χ0n) is 11.7. The Bertz CT molecular complexity index is 648. The Hall–Kier alpha value is -2.47. The maximum atomic E-state index is 12.6. The van der Waals surface area contributed by atoms with E-state index in [1.165, 1.54) is 24.3 Å². The minimum absolute atomic E-state index is 0.115. The number of rotatable bonds is 5. The normalized spacial score (nSPS) is 10.5. The molecule has 0 aliphatic rings. The van der Waals surface area contributed by atoms with E-state index in [2.05, 4.69) is 10.6 Å². The highest BCUT2D eigenvalue weighted by Gasteiger charge is 2.09. The molecule has 0 spiro atoms. The van der Waals surface area contributed by atoms with E-state index in [-0.39, 0.29) is 18.7 Å². The number of aliphatic hydroxyl groups is 1. The number of alkyl halides is 2. The minimum Gasteiger partial charge on any atom is -0.392 e. The van der Waals surface area contributed by atoms with Gasteiger partial charge in [0.1, 0.15) is 0 Å². The summed E-state index contributed by atoms with van der Waals surface area (Å²) in [6.45, 7) is 0.118. The van der Waals surface area contributed by atoms with Crippen molar-refractivity contribution in [1.82, 2.24) is 5.32 Å². The summed E-state index contributed by atoms with van der Waals surface area (Å²) in [7, 11) is 0. The molecule has 0 aromatic heterocycles. The molecule has 116 valence electrons. The number of anilines is 1. The first kappa shape index (κ1) is 15.9. The molecule has 0 saturated carbocycles. The molecule has 4 nitrogen and oxygen atoms in total. The van der Waals surface area contributed by atoms with E-state index in [4.69, 9.17) is 0 Å². The van der Waals surface area contributed by atoms with E-state index in [1.807, 2.05) is 0 Å². The predicted molar refractivity (Wildman–Crippen MR) is 79.6 cm³/mol. The summed E-state index contributed by atoms with van der Waals surface area (Å²) in [5.74, 6) is 0. The maximum absolute atomic E-state index is 12.6. The number of carbonyl (C=O) groups excluding carboxylic acids is 1. The van der Waals surface area contributed by atoms with Gasteiger partial charge in [-0.05, 0) is 23.3 Å². The van der Waals surface area contributed by atoms with Crippen molar-refractivity contribution in [2.45, 2.75) is 19.6 Å². The summed E-state index contributed by atoms with van der Waals surface area (Å²) in [5, 5.41) is 14.3. The molecule has 3 N–H and O–H groups in total. The molecule has 2 aromatic carbocycles. The van der Waals surface area contributed by atoms with Crippen molar-refractivity contribution in [3.8, 4) is 0 Å². The Labute approximate surface area is 126 Å². The molecule has 6 heteroatoms. The van der Waals surface area contributed by atoms with Gasteiger partial charge in [0.05, 0.1) is 6.61 Å². The lowest BCUT2D eigenvalue weighted by Crippen LogP contribution is -2.28. The van der Waals surface area contributed by atoms with Crippen LogP contribution < -0.4 is 10.6 Å². The Kier molecular flexibility index (Phi) is 5.43. The Morgan fingerprint density at radius 2 is 1.82 bits per heavy atom. The quantitative estimate of drug-likeness (QED) is 0.792. The summed E-state index contributed by atoms with van der Waals surface area (Å²) in [5.41, 5.74) is 1.66. The molecule has 0 aliphatic heterocycles. The number of nitrogens with one attached hydrogen (secondary N) is 2. The number of benzene rings is 2. The zero-order valence-corrected chi connectivity index (χ0v) is 11.7. The van der Waals surface area contributed by atoms with Crippen molar-refractivity contribution >= 4 is 11.7 Å². The Balaban J connectivity index is 1.94. The summed E-state index contributed by atoms with van der Waals surface area (Å²) in [6.07, 6.45) is -2.58. The van der Waals surface area contributed by atoms with E-state index in [0.717, 1.165) is 11.1 Å². The highest BCUT2D eigenvalue weighted by molar-refractivity contribution is 5.89. The fraction of sp³-hybridized carbons (Fsp3) is 0.188. The molecule has 2 rings (SSSR count). The lowest BCUT2D eigenvalue weighted by Gasteiger charge is -2.11. The molecular formula is C16H16F2N2O2. The van der Waals surface area contributed by atoms with Crippen LogP contribution in [0.2, 0.25) is 0 Å². The largest absolute Gasteiger partial charge is 0.392 e. The van der Waals surface area contributed by atoms with Crippen LogP contribution in [0.3, 0.4) is 0 Å². The molecule has 0 atom stereocenters. The predicted octanol–water partition coefficient (Wildman–Crippen LogP) is 3.44. The fourth-order valence-electron chi connectivity index (χ4n) is 1.99. The number of amides is 2. The van der Waals surface area contributed by atoms with Gasteiger partial charge in [-0.1, -0.05) is 36.4 Å². The van der Waals surface area contributed by atoms with Crippen LogP contribution in [0.4, 0.5) is 19.3 Å². The van der Waals surface area contributed by atoms with Crippen LogP contribution in [-0.2, 0) is 13.2 Å². The van der Waals surface area contributed by atoms with Gasteiger partial charge in [-0.2, -0.15) is 0 Å². The first-order chi connectivity index (χ1) is 10.6. The molecule has 0 fully saturated rings. The first-order valence-electron chi connectivity index (χ1n) is 6.70. The molecule has 22 heavy (non-hydrogen) atoms. The van der Waals surface area contributed by atoms with Crippen molar-refractivity contribution in [3.05, 3.63) is 65.2 Å². The summed E-state index contributed by atoms with van der Waals surface area (Å²) in [4.78, 5) is 11.8. The van der Waals surface area contributed by atoms with Crippen molar-refractivity contribution < 1.29 is 18.7 Å². The molecule has 2 aromatic rings. The average Bonchev–Trinajstić information content (AvgIpc) is 2.53. The SMILES string of the molecule is O=C(NCc1ccccc1CO)Nc1cccc(C(F)F)c1. The van der Waals surface area contributed by atoms with E-state index in [0.29, 0.717) is 5.69 Å². The second kappa shape index (κ2) is 7.51. The van der Waals surface area contributed by atoms with Crippen LogP contribution in [0, 0.1) is 0 Å². The van der Waals surface area contributed by atoms with Crippen molar-refractivity contribution in [2.75, 3.05) is 5.32 Å². The highest BCUT2D eigenvalue weighted by atomic mass is 19.3. The number of carbonyl (C=O) groups is 1. The second-order valence-electron chi connectivity index (χ2n) is 4.66. The van der Waals surface area contributed by atoms with E-state index < -0.39 is 12.5 Å². The lowest BCUT2D eigenvalue weighted by molar-refractivity contribution is 0.151. The van der Waals surface area contributed by atoms with Gasteiger partial charge in [0, 0.05) is 17.8 Å². The summed E-state index contributed by atoms with van der Waals surface area (Å²) in [6, 6.07) is 12.2. The molecule has 0 saturated heterocycles. The standard InChI is InChI=1S/C16H16F2N2O2/c17-15(18)11-6-3-7-14(8-11)20-16(22)19-9-12-4-1-2-5-13(12)10-21/h1-8,15,21H,9-10H2,(H2,19,20,22). The van der Waals surface area contributed by atoms with Crippen LogP contribution in [0.1, 0.15) is 23.1 Å². The summed E-state index contributed by atoms with van der Waals surface area (Å²) >= 11 is 0. The number of hydrogen-bond donors (Lipinski definition) is 3. The number of halogens is 2. The monoisotopic (exact) mass is 306 g/mol. The smallest absolute Gasteiger partial charge is 0.319 e. The molecule has 0 radical (unpaired) electrons. The molecule has 0 unspecified atom stereocenters. The van der Waals surface area contributed by atoms with E-state index in [1.54, 1.807) is 24.3 Å². The van der Waals surface area contributed by atoms with Gasteiger partial charge in [0.25, 0.3) is 6.43 Å². The first-order valence-corrected chi connectivity index (χ1v) is 6.70. The molecule has 0 bridgehead atoms. The van der Waals surface area contributed by atoms with Crippen LogP contribution >= 0.6 is 0 Å². The van der Waals surface area contributed by atoms with Crippen LogP contribution in [-0.4, -0.2) is 11.1 Å². The molecule has 2 amide bonds. The van der Waals surface area contributed by atoms with Gasteiger partial charge in [-0.25, -0.2) is 13.6 Å². The number of aliphatic hydroxyl groups excluding tert-OH is 1. The van der Waals surface area contributed by atoms with E-state index >= 15 is 0 Å². The van der Waals surface area contributed by atoms with Gasteiger partial charge < -0.3 is 15.7 Å². The van der Waals surface area contributed by atoms with Gasteiger partial charge in [0.15, 0.2) is 0 Å². The van der Waals surface area contributed by atoms with E-state index in [9.17, 15) is 18.7 Å². The van der Waals surface area contributed by atoms with Gasteiger partial charge in [-0.15, -0.1) is 0 Å². The molecule has 0 heterocycles. The third kappa shape index (κ3) is 4.26. The topological polar surface area (TPSA) is 61.4 Å². The van der Waals surface area contributed by atoms with Crippen molar-refractivity contribution in [1.29, 1.82) is 0 Å². The Morgan fingerprint density at radius 1 is 1.09 bits per heavy atom. The number of urea groups is 1. The highest BCUT2D eigenvalue weighted by Crippen LogP contribution is 2.21. The van der Waals surface area contributed by atoms with Gasteiger partial charge >= 0.3 is 6.03 Å². The van der Waals surface area contributed by atoms with Crippen LogP contribution in [0.25, 0.3) is 0 Å². The van der Waals surface area contributed by atoms with Gasteiger partial charge in [0.2, 0.25) is 0 Å². The van der Waals surface area contributed by atoms with Crippen molar-refractivity contribution in [3.63, 3.8) is 0 Å². The minimum atomic E-state index is -2.58. The zero-order chi connectivity index (χ0) is 15.9. The average molecular weight is 306 g/mol. The van der Waals surface area contributed by atoms with Crippen molar-refractivity contribution in [2.24, 2.45) is 0 Å². The summed E-state index contributed by atoms with van der Waals surface area (Å²) < 4.78 is 25.2. The van der Waals surface area contributed by atoms with Crippen LogP contribution in [0.15, 0.2) is 48.5 Å². The third-order valence-electron chi connectivity index (χ3n) is 3.12. The second-order valence-corrected chi connectivity index (χ2v) is 4.66.